The fourth-order valence-corrected chi connectivity index (χ4v) is 3.36. The van der Waals surface area contributed by atoms with Crippen LogP contribution in [0.4, 0.5) is 11.4 Å². The highest BCUT2D eigenvalue weighted by atomic mass is 79.9. The van der Waals surface area contributed by atoms with Crippen molar-refractivity contribution in [3.05, 3.63) is 22.7 Å². The van der Waals surface area contributed by atoms with Crippen LogP contribution in [0, 0.1) is 5.92 Å². The average molecular weight is 287 g/mol. The van der Waals surface area contributed by atoms with Crippen LogP contribution >= 0.6 is 27.7 Å². The molecule has 2 nitrogen and oxygen atoms in total. The minimum Gasteiger partial charge on any atom is -0.397 e. The van der Waals surface area contributed by atoms with Crippen LogP contribution in [0.5, 0.6) is 0 Å². The fraction of sp³-hybridized carbons (Fsp3) is 0.455. The maximum absolute atomic E-state index is 5.91. The van der Waals surface area contributed by atoms with E-state index in [0.29, 0.717) is 0 Å². The van der Waals surface area contributed by atoms with Gasteiger partial charge in [-0.3, -0.25) is 0 Å². The molecule has 82 valence electrons. The molecule has 2 rings (SSSR count). The number of nitrogen functional groups attached to an aromatic ring is 1. The number of halogens is 1. The van der Waals surface area contributed by atoms with Gasteiger partial charge in [0.2, 0.25) is 0 Å². The molecule has 1 aromatic rings. The van der Waals surface area contributed by atoms with Crippen LogP contribution in [0.25, 0.3) is 0 Å². The highest BCUT2D eigenvalue weighted by Crippen LogP contribution is 2.26. The molecule has 4 heteroatoms. The molecule has 0 radical (unpaired) electrons. The number of thioether (sulfide) groups is 1. The number of hydrogen-bond acceptors (Lipinski definition) is 3. The molecule has 1 aliphatic rings. The van der Waals surface area contributed by atoms with Gasteiger partial charge >= 0.3 is 0 Å². The molecule has 1 unspecified atom stereocenters. The normalized spacial score (nSPS) is 20.5. The van der Waals surface area contributed by atoms with E-state index in [4.69, 9.17) is 5.73 Å². The summed E-state index contributed by atoms with van der Waals surface area (Å²) in [6.07, 6.45) is 1.33. The van der Waals surface area contributed by atoms with Crippen molar-refractivity contribution in [3.63, 3.8) is 0 Å². The SMILES string of the molecule is Nc1cc(Br)ccc1NCC1CCSC1. The van der Waals surface area contributed by atoms with Crippen molar-refractivity contribution in [1.82, 2.24) is 0 Å². The van der Waals surface area contributed by atoms with Crippen LogP contribution < -0.4 is 11.1 Å². The van der Waals surface area contributed by atoms with Gasteiger partial charge in [-0.2, -0.15) is 11.8 Å². The molecule has 1 saturated heterocycles. The smallest absolute Gasteiger partial charge is 0.0574 e. The van der Waals surface area contributed by atoms with E-state index in [1.165, 1.54) is 17.9 Å². The van der Waals surface area contributed by atoms with E-state index < -0.39 is 0 Å². The summed E-state index contributed by atoms with van der Waals surface area (Å²) >= 11 is 5.45. The minimum atomic E-state index is 0.804. The number of hydrogen-bond donors (Lipinski definition) is 2. The van der Waals surface area contributed by atoms with E-state index in [9.17, 15) is 0 Å². The third-order valence-corrected chi connectivity index (χ3v) is 4.34. The van der Waals surface area contributed by atoms with Gasteiger partial charge in [-0.15, -0.1) is 0 Å². The van der Waals surface area contributed by atoms with Crippen LogP contribution in [0.2, 0.25) is 0 Å². The first-order chi connectivity index (χ1) is 7.25. The van der Waals surface area contributed by atoms with Crippen LogP contribution in [0.3, 0.4) is 0 Å². The van der Waals surface area contributed by atoms with Gasteiger partial charge < -0.3 is 11.1 Å². The molecule has 3 N–H and O–H groups in total. The molecule has 0 aromatic heterocycles. The monoisotopic (exact) mass is 286 g/mol. The van der Waals surface area contributed by atoms with E-state index in [1.807, 2.05) is 30.0 Å². The first kappa shape index (κ1) is 11.1. The van der Waals surface area contributed by atoms with E-state index in [1.54, 1.807) is 0 Å². The summed E-state index contributed by atoms with van der Waals surface area (Å²) < 4.78 is 1.03. The van der Waals surface area contributed by atoms with Crippen LogP contribution in [0.1, 0.15) is 6.42 Å². The van der Waals surface area contributed by atoms with E-state index in [-0.39, 0.29) is 0 Å². The standard InChI is InChI=1S/C11H15BrN2S/c12-9-1-2-11(10(13)5-9)14-6-8-3-4-15-7-8/h1-2,5,8,14H,3-4,6-7,13H2. The van der Waals surface area contributed by atoms with Crippen molar-refractivity contribution in [2.75, 3.05) is 29.1 Å². The van der Waals surface area contributed by atoms with Gasteiger partial charge in [-0.25, -0.2) is 0 Å². The Kier molecular flexibility index (Phi) is 3.81. The summed E-state index contributed by atoms with van der Waals surface area (Å²) in [5.74, 6) is 3.39. The molecule has 1 aliphatic heterocycles. The number of nitrogens with two attached hydrogens (primary N) is 1. The third-order valence-electron chi connectivity index (χ3n) is 2.62. The predicted molar refractivity (Wildman–Crippen MR) is 72.5 cm³/mol. The summed E-state index contributed by atoms with van der Waals surface area (Å²) in [6.45, 7) is 1.04. The second kappa shape index (κ2) is 5.12. The van der Waals surface area contributed by atoms with Crippen LogP contribution in [0.15, 0.2) is 22.7 Å². The molecule has 1 aromatic carbocycles. The number of anilines is 2. The Morgan fingerprint density at radius 3 is 3.07 bits per heavy atom. The van der Waals surface area contributed by atoms with E-state index in [0.717, 1.165) is 28.3 Å². The summed E-state index contributed by atoms with van der Waals surface area (Å²) in [7, 11) is 0. The molecule has 15 heavy (non-hydrogen) atoms. The topological polar surface area (TPSA) is 38.0 Å². The lowest BCUT2D eigenvalue weighted by atomic mass is 10.1. The summed E-state index contributed by atoms with van der Waals surface area (Å²) in [5.41, 5.74) is 7.77. The van der Waals surface area contributed by atoms with Gasteiger partial charge in [0.25, 0.3) is 0 Å². The Balaban J connectivity index is 1.92. The lowest BCUT2D eigenvalue weighted by Gasteiger charge is -2.13. The Labute approximate surface area is 103 Å². The van der Waals surface area contributed by atoms with Gasteiger partial charge in [0.1, 0.15) is 0 Å². The van der Waals surface area contributed by atoms with Gasteiger partial charge in [0.05, 0.1) is 11.4 Å². The summed E-state index contributed by atoms with van der Waals surface area (Å²) in [6, 6.07) is 5.98. The Morgan fingerprint density at radius 1 is 1.53 bits per heavy atom. The minimum absolute atomic E-state index is 0.804. The molecule has 0 aliphatic carbocycles. The average Bonchev–Trinajstić information content (AvgIpc) is 2.69. The quantitative estimate of drug-likeness (QED) is 0.838. The Bertz CT molecular complexity index is 337. The van der Waals surface area contributed by atoms with Gasteiger partial charge in [0.15, 0.2) is 0 Å². The first-order valence-electron chi connectivity index (χ1n) is 5.12. The first-order valence-corrected chi connectivity index (χ1v) is 7.07. The molecular formula is C11H15BrN2S. The van der Waals surface area contributed by atoms with Crippen molar-refractivity contribution in [2.45, 2.75) is 6.42 Å². The predicted octanol–water partition coefficient (Wildman–Crippen LogP) is 3.20. The number of nitrogens with one attached hydrogen (secondary N) is 1. The number of rotatable bonds is 3. The van der Waals surface area contributed by atoms with E-state index >= 15 is 0 Å². The van der Waals surface area contributed by atoms with Crippen molar-refractivity contribution >= 4 is 39.1 Å². The van der Waals surface area contributed by atoms with Crippen LogP contribution in [-0.4, -0.2) is 18.1 Å². The third kappa shape index (κ3) is 3.05. The molecule has 1 atom stereocenters. The van der Waals surface area contributed by atoms with Gasteiger partial charge in [-0.05, 0) is 42.0 Å². The fourth-order valence-electron chi connectivity index (χ4n) is 1.69. The Hall–Kier alpha value is -0.350. The maximum Gasteiger partial charge on any atom is 0.0574 e. The maximum atomic E-state index is 5.91. The zero-order valence-corrected chi connectivity index (χ0v) is 10.9. The molecule has 0 saturated carbocycles. The Morgan fingerprint density at radius 2 is 2.40 bits per heavy atom. The number of benzene rings is 1. The van der Waals surface area contributed by atoms with E-state index in [2.05, 4.69) is 21.2 Å². The molecule has 0 spiro atoms. The van der Waals surface area contributed by atoms with Gasteiger partial charge in [-0.1, -0.05) is 15.9 Å². The lowest BCUT2D eigenvalue weighted by molar-refractivity contribution is 0.632. The summed E-state index contributed by atoms with van der Waals surface area (Å²) in [4.78, 5) is 0. The van der Waals surface area contributed by atoms with Crippen molar-refractivity contribution in [2.24, 2.45) is 5.92 Å². The summed E-state index contributed by atoms with van der Waals surface area (Å²) in [5, 5.41) is 3.42. The lowest BCUT2D eigenvalue weighted by Crippen LogP contribution is -2.14. The second-order valence-corrected chi connectivity index (χ2v) is 5.91. The molecule has 1 heterocycles. The zero-order valence-electron chi connectivity index (χ0n) is 8.50. The van der Waals surface area contributed by atoms with Crippen molar-refractivity contribution in [3.8, 4) is 0 Å². The highest BCUT2D eigenvalue weighted by molar-refractivity contribution is 9.10. The molecule has 0 amide bonds. The largest absolute Gasteiger partial charge is 0.397 e. The zero-order chi connectivity index (χ0) is 10.7. The molecule has 1 fully saturated rings. The van der Waals surface area contributed by atoms with Crippen LogP contribution in [-0.2, 0) is 0 Å². The van der Waals surface area contributed by atoms with Crippen molar-refractivity contribution < 1.29 is 0 Å². The van der Waals surface area contributed by atoms with Crippen molar-refractivity contribution in [1.29, 1.82) is 0 Å². The molecular weight excluding hydrogens is 272 g/mol. The van der Waals surface area contributed by atoms with Gasteiger partial charge in [0, 0.05) is 11.0 Å². The second-order valence-electron chi connectivity index (χ2n) is 3.84. The highest BCUT2D eigenvalue weighted by Gasteiger charge is 2.15. The molecule has 0 bridgehead atoms.